The van der Waals surface area contributed by atoms with E-state index in [2.05, 4.69) is 44.3 Å². The molecule has 1 aliphatic rings. The van der Waals surface area contributed by atoms with Gasteiger partial charge in [0.1, 0.15) is 11.2 Å². The van der Waals surface area contributed by atoms with Gasteiger partial charge in [-0.3, -0.25) is 19.9 Å². The van der Waals surface area contributed by atoms with Crippen LogP contribution in [0, 0.1) is 8.98 Å². The number of rotatable bonds is 5. The van der Waals surface area contributed by atoms with Crippen LogP contribution in [0.4, 0.5) is 0 Å². The Morgan fingerprint density at radius 3 is 2.67 bits per heavy atom. The zero-order valence-corrected chi connectivity index (χ0v) is 22.0. The lowest BCUT2D eigenvalue weighted by atomic mass is 9.88. The molecule has 1 atom stereocenters. The highest BCUT2D eigenvalue weighted by molar-refractivity contribution is 14.1. The minimum atomic E-state index is -1.01. The number of benzene rings is 3. The summed E-state index contributed by atoms with van der Waals surface area (Å²) in [6.45, 7) is 2.12. The molecule has 4 aromatic rings. The van der Waals surface area contributed by atoms with Crippen LogP contribution in [-0.4, -0.2) is 34.7 Å². The van der Waals surface area contributed by atoms with E-state index in [1.807, 2.05) is 66.7 Å². The van der Waals surface area contributed by atoms with Crippen LogP contribution in [0.5, 0.6) is 0 Å². The van der Waals surface area contributed by atoms with Gasteiger partial charge in [-0.25, -0.2) is 4.98 Å². The Kier molecular flexibility index (Phi) is 6.21. The van der Waals surface area contributed by atoms with Crippen molar-refractivity contribution in [1.29, 1.82) is 5.41 Å². The van der Waals surface area contributed by atoms with Crippen LogP contribution in [0.2, 0.25) is 0 Å². The number of para-hydroxylation sites is 1. The summed E-state index contributed by atoms with van der Waals surface area (Å²) in [6, 6.07) is 25.2. The first-order valence-corrected chi connectivity index (χ1v) is 12.5. The van der Waals surface area contributed by atoms with Crippen LogP contribution in [0.25, 0.3) is 22.0 Å². The first-order chi connectivity index (χ1) is 17.3. The molecular weight excluding hydrogens is 565 g/mol. The second kappa shape index (κ2) is 9.34. The Morgan fingerprint density at radius 1 is 1.08 bits per heavy atom. The van der Waals surface area contributed by atoms with E-state index < -0.39 is 5.54 Å². The molecule has 1 unspecified atom stereocenters. The van der Waals surface area contributed by atoms with Crippen molar-refractivity contribution in [2.75, 3.05) is 7.05 Å². The van der Waals surface area contributed by atoms with E-state index in [9.17, 15) is 9.59 Å². The van der Waals surface area contributed by atoms with E-state index in [0.717, 1.165) is 36.7 Å². The number of amides is 2. The molecule has 5 rings (SSSR count). The third kappa shape index (κ3) is 4.32. The van der Waals surface area contributed by atoms with Crippen LogP contribution in [-0.2, 0) is 16.9 Å². The second-order valence-electron chi connectivity index (χ2n) is 8.92. The number of nitrogens with zero attached hydrogens (tertiary/aromatic N) is 2. The largest absolute Gasteiger partial charge is 0.347 e. The van der Waals surface area contributed by atoms with Gasteiger partial charge in [0.25, 0.3) is 11.8 Å². The van der Waals surface area contributed by atoms with Gasteiger partial charge in [0, 0.05) is 22.5 Å². The van der Waals surface area contributed by atoms with Crippen LogP contribution >= 0.6 is 22.6 Å². The number of carbonyl (C=O) groups excluding carboxylic acids is 2. The number of likely N-dealkylation sites (N-methyl/N-ethyl adjacent to an activating group) is 1. The highest BCUT2D eigenvalue weighted by atomic mass is 127. The van der Waals surface area contributed by atoms with Crippen molar-refractivity contribution in [2.24, 2.45) is 0 Å². The fourth-order valence-electron chi connectivity index (χ4n) is 4.43. The quantitative estimate of drug-likeness (QED) is 0.296. The molecule has 1 fully saturated rings. The molecule has 2 heterocycles. The molecule has 0 radical (unpaired) electrons. The molecule has 1 aromatic heterocycles. The Bertz CT molecular complexity index is 1540. The zero-order valence-electron chi connectivity index (χ0n) is 19.8. The second-order valence-corrected chi connectivity index (χ2v) is 10.2. The number of aromatic nitrogens is 1. The fraction of sp³-hybridized carbons (Fsp3) is 0.143. The molecule has 0 aliphatic carbocycles. The minimum absolute atomic E-state index is 0.0767. The van der Waals surface area contributed by atoms with E-state index >= 15 is 0 Å². The average molecular weight is 589 g/mol. The molecule has 0 bridgehead atoms. The number of pyridine rings is 1. The number of nitrogens with one attached hydrogen (secondary N) is 3. The number of carbonyl (C=O) groups is 2. The van der Waals surface area contributed by atoms with Gasteiger partial charge >= 0.3 is 0 Å². The summed E-state index contributed by atoms with van der Waals surface area (Å²) in [7, 11) is 1.59. The first-order valence-electron chi connectivity index (χ1n) is 11.4. The molecule has 180 valence electrons. The summed E-state index contributed by atoms with van der Waals surface area (Å²) in [6.07, 6.45) is 0. The summed E-state index contributed by atoms with van der Waals surface area (Å²) in [5.41, 5.74) is 3.74. The number of guanidine groups is 1. The van der Waals surface area contributed by atoms with Crippen LogP contribution in [0.15, 0.2) is 78.9 Å². The normalized spacial score (nSPS) is 17.4. The van der Waals surface area contributed by atoms with Gasteiger partial charge in [0.15, 0.2) is 5.96 Å². The maximum absolute atomic E-state index is 12.9. The predicted octanol–water partition coefficient (Wildman–Crippen LogP) is 4.65. The number of hydrogen-bond acceptors (Lipinski definition) is 4. The lowest BCUT2D eigenvalue weighted by Crippen LogP contribution is -2.40. The van der Waals surface area contributed by atoms with Crippen LogP contribution in [0.3, 0.4) is 0 Å². The van der Waals surface area contributed by atoms with Crippen molar-refractivity contribution in [3.05, 3.63) is 99.3 Å². The number of fused-ring (bicyclic) bond motifs is 1. The molecule has 7 nitrogen and oxygen atoms in total. The Balaban J connectivity index is 1.43. The van der Waals surface area contributed by atoms with E-state index in [1.54, 1.807) is 20.0 Å². The Morgan fingerprint density at radius 2 is 1.89 bits per heavy atom. The zero-order chi connectivity index (χ0) is 25.4. The maximum Gasteiger partial charge on any atom is 0.270 e. The van der Waals surface area contributed by atoms with Crippen LogP contribution in [0.1, 0.15) is 28.5 Å². The van der Waals surface area contributed by atoms with Crippen molar-refractivity contribution in [2.45, 2.75) is 19.0 Å². The van der Waals surface area contributed by atoms with Crippen molar-refractivity contribution in [1.82, 2.24) is 20.5 Å². The van der Waals surface area contributed by atoms with Crippen molar-refractivity contribution in [3.8, 4) is 11.1 Å². The number of hydrogen-bond donors (Lipinski definition) is 3. The van der Waals surface area contributed by atoms with Gasteiger partial charge in [-0.05, 0) is 82.1 Å². The molecule has 1 aliphatic heterocycles. The summed E-state index contributed by atoms with van der Waals surface area (Å²) >= 11 is 2.27. The molecule has 1 saturated heterocycles. The SMILES string of the molecule is CN1C(=N)NC(C)(c2cccc(-c3cc(I)ccc3CNC(=O)c3ccc4ccccc4n3)c2)C1=O. The molecule has 2 amide bonds. The highest BCUT2D eigenvalue weighted by Crippen LogP contribution is 2.33. The van der Waals surface area contributed by atoms with Gasteiger partial charge < -0.3 is 10.6 Å². The van der Waals surface area contributed by atoms with Gasteiger partial charge in [-0.1, -0.05) is 48.5 Å². The van der Waals surface area contributed by atoms with Crippen molar-refractivity contribution >= 4 is 51.3 Å². The van der Waals surface area contributed by atoms with Crippen LogP contribution < -0.4 is 10.6 Å². The maximum atomic E-state index is 12.9. The van der Waals surface area contributed by atoms with Gasteiger partial charge in [0.05, 0.1) is 5.52 Å². The van der Waals surface area contributed by atoms with E-state index in [4.69, 9.17) is 5.41 Å². The predicted molar refractivity (Wildman–Crippen MR) is 148 cm³/mol. The lowest BCUT2D eigenvalue weighted by Gasteiger charge is -2.23. The third-order valence-electron chi connectivity index (χ3n) is 6.53. The molecule has 8 heteroatoms. The average Bonchev–Trinajstić information content (AvgIpc) is 3.10. The monoisotopic (exact) mass is 589 g/mol. The molecule has 3 aromatic carbocycles. The Labute approximate surface area is 222 Å². The lowest BCUT2D eigenvalue weighted by molar-refractivity contribution is -0.129. The van der Waals surface area contributed by atoms with Crippen molar-refractivity contribution < 1.29 is 9.59 Å². The van der Waals surface area contributed by atoms with Gasteiger partial charge in [0.2, 0.25) is 0 Å². The first kappa shape index (κ1) is 23.9. The Hall–Kier alpha value is -3.79. The molecule has 3 N–H and O–H groups in total. The summed E-state index contributed by atoms with van der Waals surface area (Å²) < 4.78 is 1.06. The summed E-state index contributed by atoms with van der Waals surface area (Å²) in [4.78, 5) is 31.6. The van der Waals surface area contributed by atoms with Gasteiger partial charge in [-0.2, -0.15) is 0 Å². The van der Waals surface area contributed by atoms with Crippen molar-refractivity contribution in [3.63, 3.8) is 0 Å². The van der Waals surface area contributed by atoms with Gasteiger partial charge in [-0.15, -0.1) is 0 Å². The summed E-state index contributed by atoms with van der Waals surface area (Å²) in [5, 5.41) is 15.0. The molecule has 0 spiro atoms. The van der Waals surface area contributed by atoms with E-state index in [0.29, 0.717) is 12.2 Å². The topological polar surface area (TPSA) is 98.2 Å². The fourth-order valence-corrected chi connectivity index (χ4v) is 4.93. The minimum Gasteiger partial charge on any atom is -0.347 e. The van der Waals surface area contributed by atoms with E-state index in [-0.39, 0.29) is 17.8 Å². The number of halogens is 1. The smallest absolute Gasteiger partial charge is 0.270 e. The third-order valence-corrected chi connectivity index (χ3v) is 7.20. The molecular formula is C28H24IN5O2. The van der Waals surface area contributed by atoms with E-state index in [1.165, 1.54) is 4.90 Å². The molecule has 0 saturated carbocycles. The molecule has 36 heavy (non-hydrogen) atoms. The highest BCUT2D eigenvalue weighted by Gasteiger charge is 2.45. The summed E-state index contributed by atoms with van der Waals surface area (Å²) in [5.74, 6) is -0.343. The standard InChI is InChI=1S/C28H24IN5O2/c1-28(26(36)34(2)27(30)33-28)20-8-5-7-18(14-20)22-15-21(29)12-10-19(22)16-31-25(35)24-13-11-17-6-3-4-9-23(17)32-24/h3-15H,16H2,1-2H3,(H2,30,33)(H,31,35).